The van der Waals surface area contributed by atoms with Gasteiger partial charge in [-0.1, -0.05) is 41.4 Å². The highest BCUT2D eigenvalue weighted by molar-refractivity contribution is 7.99. The summed E-state index contributed by atoms with van der Waals surface area (Å²) in [6.45, 7) is 1.05. The van der Waals surface area contributed by atoms with E-state index in [1.807, 2.05) is 6.07 Å². The van der Waals surface area contributed by atoms with Crippen molar-refractivity contribution >= 4 is 58.5 Å². The van der Waals surface area contributed by atoms with Crippen LogP contribution in [0.5, 0.6) is 0 Å². The fraction of sp³-hybridized carbons (Fsp3) is 0.200. The smallest absolute Gasteiger partial charge is 0.324 e. The Morgan fingerprint density at radius 2 is 2.00 bits per heavy atom. The van der Waals surface area contributed by atoms with E-state index in [1.54, 1.807) is 36.4 Å². The molecule has 10 heteroatoms. The molecule has 1 atom stereocenters. The average Bonchev–Trinajstić information content (AvgIpc) is 2.91. The normalized spacial score (nSPS) is 18.1. The van der Waals surface area contributed by atoms with Gasteiger partial charge in [0.1, 0.15) is 12.1 Å². The minimum Gasteiger partial charge on any atom is -0.324 e. The van der Waals surface area contributed by atoms with Crippen LogP contribution in [0.2, 0.25) is 10.0 Å². The van der Waals surface area contributed by atoms with Gasteiger partial charge in [0.25, 0.3) is 5.91 Å². The van der Waals surface area contributed by atoms with Crippen LogP contribution in [0.4, 0.5) is 10.5 Å². The molecular formula is C20H16Cl2N4O3S. The van der Waals surface area contributed by atoms with Gasteiger partial charge in [-0.3, -0.25) is 14.5 Å². The third-order valence-electron chi connectivity index (χ3n) is 4.50. The molecular weight excluding hydrogens is 447 g/mol. The number of carbonyl (C=O) groups is 3. The van der Waals surface area contributed by atoms with Gasteiger partial charge in [0.05, 0.1) is 17.5 Å². The van der Waals surface area contributed by atoms with Crippen molar-refractivity contribution in [1.82, 2.24) is 10.2 Å². The van der Waals surface area contributed by atoms with Crippen molar-refractivity contribution < 1.29 is 14.4 Å². The van der Waals surface area contributed by atoms with Crippen molar-refractivity contribution in [2.24, 2.45) is 0 Å². The van der Waals surface area contributed by atoms with Crippen molar-refractivity contribution in [2.45, 2.75) is 17.4 Å². The molecule has 7 nitrogen and oxygen atoms in total. The van der Waals surface area contributed by atoms with Crippen LogP contribution in [0.3, 0.4) is 0 Å². The Labute approximate surface area is 187 Å². The van der Waals surface area contributed by atoms with E-state index < -0.39 is 29.9 Å². The van der Waals surface area contributed by atoms with Crippen molar-refractivity contribution in [2.75, 3.05) is 17.6 Å². The molecule has 4 amide bonds. The third-order valence-corrected chi connectivity index (χ3v) is 5.99. The topological polar surface area (TPSA) is 102 Å². The standard InChI is InChI=1S/C20H16Cl2N4O3S/c1-20(13-7-6-12(21)10-14(13)22)18(28)26(19(29)25-20)11-17(27)24-15-4-2-3-5-16(15)30-9-8-23/h2-7,10H,9,11H2,1H3,(H,24,27)(H,25,29). The maximum Gasteiger partial charge on any atom is 0.325 e. The summed E-state index contributed by atoms with van der Waals surface area (Å²) < 4.78 is 0. The molecule has 3 rings (SSSR count). The van der Waals surface area contributed by atoms with E-state index in [0.717, 1.165) is 4.90 Å². The zero-order valence-corrected chi connectivity index (χ0v) is 18.1. The van der Waals surface area contributed by atoms with Crippen molar-refractivity contribution in [3.63, 3.8) is 0 Å². The van der Waals surface area contributed by atoms with Gasteiger partial charge in [0.15, 0.2) is 0 Å². The van der Waals surface area contributed by atoms with Gasteiger partial charge in [-0.2, -0.15) is 5.26 Å². The fourth-order valence-electron chi connectivity index (χ4n) is 3.06. The van der Waals surface area contributed by atoms with Gasteiger partial charge in [-0.25, -0.2) is 4.79 Å². The summed E-state index contributed by atoms with van der Waals surface area (Å²) in [5, 5.41) is 14.7. The molecule has 2 N–H and O–H groups in total. The fourth-order valence-corrected chi connectivity index (χ4v) is 4.32. The van der Waals surface area contributed by atoms with Gasteiger partial charge in [-0.15, -0.1) is 11.8 Å². The highest BCUT2D eigenvalue weighted by Crippen LogP contribution is 2.35. The number of nitrogens with zero attached hydrogens (tertiary/aromatic N) is 2. The maximum atomic E-state index is 13.0. The summed E-state index contributed by atoms with van der Waals surface area (Å²) in [7, 11) is 0. The zero-order chi connectivity index (χ0) is 21.9. The van der Waals surface area contributed by atoms with Crippen molar-refractivity contribution in [3.8, 4) is 6.07 Å². The highest BCUT2D eigenvalue weighted by Gasteiger charge is 2.50. The van der Waals surface area contributed by atoms with Crippen LogP contribution in [0.25, 0.3) is 0 Å². The summed E-state index contributed by atoms with van der Waals surface area (Å²) in [5.41, 5.74) is -0.536. The monoisotopic (exact) mass is 462 g/mol. The van der Waals surface area contributed by atoms with E-state index >= 15 is 0 Å². The number of amides is 4. The number of rotatable bonds is 6. The highest BCUT2D eigenvalue weighted by atomic mass is 35.5. The number of hydrogen-bond acceptors (Lipinski definition) is 5. The number of hydrogen-bond donors (Lipinski definition) is 2. The zero-order valence-electron chi connectivity index (χ0n) is 15.7. The lowest BCUT2D eigenvalue weighted by Crippen LogP contribution is -2.42. The number of nitrogens with one attached hydrogen (secondary N) is 2. The molecule has 0 saturated carbocycles. The van der Waals surface area contributed by atoms with Crippen LogP contribution < -0.4 is 10.6 Å². The number of benzene rings is 2. The number of para-hydroxylation sites is 1. The van der Waals surface area contributed by atoms with Crippen LogP contribution >= 0.6 is 35.0 Å². The Kier molecular flexibility index (Phi) is 6.56. The van der Waals surface area contributed by atoms with Gasteiger partial charge in [0.2, 0.25) is 5.91 Å². The largest absolute Gasteiger partial charge is 0.325 e. The molecule has 0 spiro atoms. The first kappa shape index (κ1) is 22.0. The van der Waals surface area contributed by atoms with Gasteiger partial charge < -0.3 is 10.6 Å². The molecule has 2 aromatic carbocycles. The number of carbonyl (C=O) groups excluding carboxylic acids is 3. The second-order valence-corrected chi connectivity index (χ2v) is 8.42. The number of imide groups is 1. The Balaban J connectivity index is 1.76. The quantitative estimate of drug-likeness (QED) is 0.498. The number of thioether (sulfide) groups is 1. The van der Waals surface area contributed by atoms with Crippen LogP contribution in [0, 0.1) is 11.3 Å². The van der Waals surface area contributed by atoms with E-state index in [2.05, 4.69) is 10.6 Å². The molecule has 1 unspecified atom stereocenters. The molecule has 30 heavy (non-hydrogen) atoms. The molecule has 1 saturated heterocycles. The number of nitriles is 1. The van der Waals surface area contributed by atoms with E-state index in [1.165, 1.54) is 24.8 Å². The first-order valence-electron chi connectivity index (χ1n) is 8.74. The van der Waals surface area contributed by atoms with E-state index in [-0.39, 0.29) is 10.8 Å². The van der Waals surface area contributed by atoms with Crippen LogP contribution in [-0.2, 0) is 15.1 Å². The molecule has 2 aromatic rings. The summed E-state index contributed by atoms with van der Waals surface area (Å²) >= 11 is 13.4. The molecule has 0 aromatic heterocycles. The Morgan fingerprint density at radius 3 is 2.70 bits per heavy atom. The molecule has 1 aliphatic rings. The first-order valence-corrected chi connectivity index (χ1v) is 10.5. The second-order valence-electron chi connectivity index (χ2n) is 6.56. The average molecular weight is 463 g/mol. The third kappa shape index (κ3) is 4.38. The van der Waals surface area contributed by atoms with Gasteiger partial charge in [-0.05, 0) is 31.2 Å². The van der Waals surface area contributed by atoms with E-state index in [0.29, 0.717) is 21.2 Å². The predicted molar refractivity (Wildman–Crippen MR) is 115 cm³/mol. The minimum absolute atomic E-state index is 0.222. The Hall–Kier alpha value is -2.73. The van der Waals surface area contributed by atoms with Gasteiger partial charge in [0, 0.05) is 20.5 Å². The van der Waals surface area contributed by atoms with E-state index in [4.69, 9.17) is 28.5 Å². The SMILES string of the molecule is CC1(c2ccc(Cl)cc2Cl)NC(=O)N(CC(=O)Nc2ccccc2SCC#N)C1=O. The summed E-state index contributed by atoms with van der Waals surface area (Å²) in [5.74, 6) is -0.922. The second kappa shape index (κ2) is 8.96. The summed E-state index contributed by atoms with van der Waals surface area (Å²) in [4.78, 5) is 39.5. The summed E-state index contributed by atoms with van der Waals surface area (Å²) in [6.07, 6.45) is 0. The number of anilines is 1. The van der Waals surface area contributed by atoms with Crippen molar-refractivity contribution in [3.05, 3.63) is 58.1 Å². The van der Waals surface area contributed by atoms with Gasteiger partial charge >= 0.3 is 6.03 Å². The van der Waals surface area contributed by atoms with E-state index in [9.17, 15) is 14.4 Å². The Bertz CT molecular complexity index is 1070. The first-order chi connectivity index (χ1) is 14.3. The molecule has 0 radical (unpaired) electrons. The van der Waals surface area contributed by atoms with Crippen LogP contribution in [0.1, 0.15) is 12.5 Å². The van der Waals surface area contributed by atoms with Crippen LogP contribution in [-0.4, -0.2) is 35.0 Å². The maximum absolute atomic E-state index is 13.0. The molecule has 1 heterocycles. The van der Waals surface area contributed by atoms with Crippen LogP contribution in [0.15, 0.2) is 47.4 Å². The molecule has 1 fully saturated rings. The molecule has 0 bridgehead atoms. The number of urea groups is 1. The minimum atomic E-state index is -1.42. The molecule has 154 valence electrons. The number of halogens is 2. The lowest BCUT2D eigenvalue weighted by atomic mass is 9.92. The van der Waals surface area contributed by atoms with Crippen molar-refractivity contribution in [1.29, 1.82) is 5.26 Å². The lowest BCUT2D eigenvalue weighted by Gasteiger charge is -2.23. The molecule has 1 aliphatic heterocycles. The lowest BCUT2D eigenvalue weighted by molar-refractivity contribution is -0.133. The Morgan fingerprint density at radius 1 is 1.27 bits per heavy atom. The predicted octanol–water partition coefficient (Wildman–Crippen LogP) is 4.01. The molecule has 0 aliphatic carbocycles. The summed E-state index contributed by atoms with van der Waals surface area (Å²) in [6, 6.07) is 12.9.